The van der Waals surface area contributed by atoms with Gasteiger partial charge < -0.3 is 4.74 Å². The highest BCUT2D eigenvalue weighted by Crippen LogP contribution is 2.32. The van der Waals surface area contributed by atoms with Crippen molar-refractivity contribution in [3.05, 3.63) is 40.6 Å². The SMILES string of the molecule is CS(=O)(=O)c1cnn(CCOc2c(Cl)cccc2Cl)c1. The number of aromatic nitrogens is 2. The van der Waals surface area contributed by atoms with E-state index in [1.165, 1.54) is 17.1 Å². The van der Waals surface area contributed by atoms with E-state index >= 15 is 0 Å². The molecule has 0 aliphatic heterocycles. The van der Waals surface area contributed by atoms with E-state index < -0.39 is 9.84 Å². The number of benzene rings is 1. The highest BCUT2D eigenvalue weighted by atomic mass is 35.5. The monoisotopic (exact) mass is 334 g/mol. The number of para-hydroxylation sites is 1. The highest BCUT2D eigenvalue weighted by Gasteiger charge is 2.10. The summed E-state index contributed by atoms with van der Waals surface area (Å²) in [6.45, 7) is 0.658. The molecule has 2 aromatic rings. The molecule has 20 heavy (non-hydrogen) atoms. The summed E-state index contributed by atoms with van der Waals surface area (Å²) in [5.74, 6) is 0.409. The summed E-state index contributed by atoms with van der Waals surface area (Å²) >= 11 is 11.9. The molecule has 0 spiro atoms. The predicted molar refractivity (Wildman–Crippen MR) is 77.3 cm³/mol. The number of hydrogen-bond acceptors (Lipinski definition) is 4. The summed E-state index contributed by atoms with van der Waals surface area (Å²) in [7, 11) is -3.24. The molecule has 0 bridgehead atoms. The van der Waals surface area contributed by atoms with Gasteiger partial charge in [0.2, 0.25) is 0 Å². The van der Waals surface area contributed by atoms with Crippen LogP contribution in [0.5, 0.6) is 5.75 Å². The van der Waals surface area contributed by atoms with Crippen molar-refractivity contribution < 1.29 is 13.2 Å². The topological polar surface area (TPSA) is 61.2 Å². The molecule has 0 unspecified atom stereocenters. The molecule has 0 saturated heterocycles. The molecular weight excluding hydrogens is 323 g/mol. The second-order valence-corrected chi connectivity index (χ2v) is 6.94. The Hall–Kier alpha value is -1.24. The van der Waals surface area contributed by atoms with E-state index in [1.807, 2.05) is 0 Å². The maximum Gasteiger partial charge on any atom is 0.178 e. The average molecular weight is 335 g/mol. The second-order valence-electron chi connectivity index (χ2n) is 4.11. The molecule has 5 nitrogen and oxygen atoms in total. The van der Waals surface area contributed by atoms with Gasteiger partial charge in [-0.15, -0.1) is 0 Å². The Kier molecular flexibility index (Phi) is 4.57. The zero-order valence-electron chi connectivity index (χ0n) is 10.6. The fourth-order valence-corrected chi connectivity index (χ4v) is 2.58. The van der Waals surface area contributed by atoms with E-state index in [4.69, 9.17) is 27.9 Å². The van der Waals surface area contributed by atoms with Crippen molar-refractivity contribution in [1.29, 1.82) is 0 Å². The molecule has 2 rings (SSSR count). The highest BCUT2D eigenvalue weighted by molar-refractivity contribution is 7.90. The van der Waals surface area contributed by atoms with Crippen molar-refractivity contribution in [2.24, 2.45) is 0 Å². The van der Waals surface area contributed by atoms with Crippen LogP contribution in [0.4, 0.5) is 0 Å². The van der Waals surface area contributed by atoms with Crippen LogP contribution >= 0.6 is 23.2 Å². The van der Waals surface area contributed by atoms with Crippen molar-refractivity contribution in [3.8, 4) is 5.75 Å². The molecule has 0 atom stereocenters. The van der Waals surface area contributed by atoms with Gasteiger partial charge in [0.25, 0.3) is 0 Å². The van der Waals surface area contributed by atoms with Gasteiger partial charge in [-0.1, -0.05) is 29.3 Å². The summed E-state index contributed by atoms with van der Waals surface area (Å²) < 4.78 is 29.6. The van der Waals surface area contributed by atoms with Crippen LogP contribution in [0, 0.1) is 0 Å². The molecule has 108 valence electrons. The molecule has 0 saturated carbocycles. The largest absolute Gasteiger partial charge is 0.489 e. The van der Waals surface area contributed by atoms with Gasteiger partial charge in [0.15, 0.2) is 15.6 Å². The van der Waals surface area contributed by atoms with Crippen molar-refractivity contribution >= 4 is 33.0 Å². The predicted octanol–water partition coefficient (Wildman–Crippen LogP) is 2.67. The van der Waals surface area contributed by atoms with Gasteiger partial charge in [0.05, 0.1) is 22.8 Å². The third-order valence-corrected chi connectivity index (χ3v) is 4.19. The Morgan fingerprint density at radius 3 is 2.50 bits per heavy atom. The third-order valence-electron chi connectivity index (χ3n) is 2.52. The van der Waals surface area contributed by atoms with Crippen LogP contribution in [0.2, 0.25) is 10.0 Å². The Morgan fingerprint density at radius 2 is 1.95 bits per heavy atom. The van der Waals surface area contributed by atoms with Gasteiger partial charge in [-0.2, -0.15) is 5.10 Å². The number of hydrogen-bond donors (Lipinski definition) is 0. The number of sulfone groups is 1. The van der Waals surface area contributed by atoms with Gasteiger partial charge in [-0.3, -0.25) is 4.68 Å². The quantitative estimate of drug-likeness (QED) is 0.843. The number of halogens is 2. The lowest BCUT2D eigenvalue weighted by Gasteiger charge is -2.09. The summed E-state index contributed by atoms with van der Waals surface area (Å²) in [6, 6.07) is 5.08. The van der Waals surface area contributed by atoms with Crippen molar-refractivity contribution in [2.75, 3.05) is 12.9 Å². The maximum atomic E-state index is 11.3. The van der Waals surface area contributed by atoms with E-state index in [0.29, 0.717) is 22.3 Å². The molecule has 0 N–H and O–H groups in total. The van der Waals surface area contributed by atoms with Crippen molar-refractivity contribution in [3.63, 3.8) is 0 Å². The van der Waals surface area contributed by atoms with Crippen LogP contribution in [-0.2, 0) is 16.4 Å². The number of ether oxygens (including phenoxy) is 1. The summed E-state index contributed by atoms with van der Waals surface area (Å²) in [6.07, 6.45) is 3.89. The first kappa shape index (κ1) is 15.2. The fourth-order valence-electron chi connectivity index (χ4n) is 1.52. The molecular formula is C12H12Cl2N2O3S. The van der Waals surface area contributed by atoms with Crippen LogP contribution in [0.1, 0.15) is 0 Å². The van der Waals surface area contributed by atoms with E-state index in [0.717, 1.165) is 6.26 Å². The molecule has 0 fully saturated rings. The van der Waals surface area contributed by atoms with Crippen molar-refractivity contribution in [1.82, 2.24) is 9.78 Å². The van der Waals surface area contributed by atoms with Gasteiger partial charge >= 0.3 is 0 Å². The Morgan fingerprint density at radius 1 is 1.30 bits per heavy atom. The Labute approximate surface area is 127 Å². The van der Waals surface area contributed by atoms with Crippen molar-refractivity contribution in [2.45, 2.75) is 11.4 Å². The standard InChI is InChI=1S/C12H12Cl2N2O3S/c1-20(17,18)9-7-15-16(8-9)5-6-19-12-10(13)3-2-4-11(12)14/h2-4,7-8H,5-6H2,1H3. The van der Waals surface area contributed by atoms with Gasteiger partial charge in [0, 0.05) is 12.5 Å². The summed E-state index contributed by atoms with van der Waals surface area (Å²) in [5, 5.41) is 4.80. The van der Waals surface area contributed by atoms with Crippen LogP contribution in [-0.4, -0.2) is 31.1 Å². The minimum absolute atomic E-state index is 0.174. The molecule has 0 aliphatic carbocycles. The smallest absolute Gasteiger partial charge is 0.178 e. The lowest BCUT2D eigenvalue weighted by atomic mass is 10.3. The van der Waals surface area contributed by atoms with Crippen LogP contribution in [0.3, 0.4) is 0 Å². The van der Waals surface area contributed by atoms with E-state index in [1.54, 1.807) is 18.2 Å². The molecule has 1 aromatic heterocycles. The summed E-state index contributed by atoms with van der Waals surface area (Å²) in [5.41, 5.74) is 0. The normalized spacial score (nSPS) is 11.6. The van der Waals surface area contributed by atoms with E-state index in [2.05, 4.69) is 5.10 Å². The van der Waals surface area contributed by atoms with Crippen LogP contribution in [0.15, 0.2) is 35.5 Å². The first-order chi connectivity index (χ1) is 9.38. The molecule has 1 heterocycles. The number of nitrogens with zero attached hydrogens (tertiary/aromatic N) is 2. The molecule has 1 aromatic carbocycles. The van der Waals surface area contributed by atoms with E-state index in [9.17, 15) is 8.42 Å². The molecule has 0 aliphatic rings. The third kappa shape index (κ3) is 3.65. The minimum atomic E-state index is -3.24. The van der Waals surface area contributed by atoms with Gasteiger partial charge in [-0.05, 0) is 12.1 Å². The van der Waals surface area contributed by atoms with Gasteiger partial charge in [-0.25, -0.2) is 8.42 Å². The van der Waals surface area contributed by atoms with E-state index in [-0.39, 0.29) is 11.5 Å². The zero-order chi connectivity index (χ0) is 14.8. The lowest BCUT2D eigenvalue weighted by Crippen LogP contribution is -2.09. The summed E-state index contributed by atoms with van der Waals surface area (Å²) in [4.78, 5) is 0.174. The molecule has 0 amide bonds. The number of rotatable bonds is 5. The second kappa shape index (κ2) is 6.03. The lowest BCUT2D eigenvalue weighted by molar-refractivity contribution is 0.291. The average Bonchev–Trinajstić information content (AvgIpc) is 2.81. The van der Waals surface area contributed by atoms with Crippen LogP contribution < -0.4 is 4.74 Å². The van der Waals surface area contributed by atoms with Gasteiger partial charge in [0.1, 0.15) is 11.5 Å². The molecule has 0 radical (unpaired) electrons. The maximum absolute atomic E-state index is 11.3. The first-order valence-electron chi connectivity index (χ1n) is 5.67. The Bertz CT molecular complexity index is 693. The molecule has 8 heteroatoms. The first-order valence-corrected chi connectivity index (χ1v) is 8.32. The zero-order valence-corrected chi connectivity index (χ0v) is 12.9. The minimum Gasteiger partial charge on any atom is -0.489 e. The Balaban J connectivity index is 1.98. The van der Waals surface area contributed by atoms with Crippen LogP contribution in [0.25, 0.3) is 0 Å². The fraction of sp³-hybridized carbons (Fsp3) is 0.250.